The van der Waals surface area contributed by atoms with Crippen molar-refractivity contribution in [2.75, 3.05) is 32.7 Å². The molecule has 0 radical (unpaired) electrons. The van der Waals surface area contributed by atoms with Crippen LogP contribution in [0.1, 0.15) is 26.2 Å². The van der Waals surface area contributed by atoms with E-state index in [1.165, 1.54) is 38.9 Å². The Morgan fingerprint density at radius 1 is 1.43 bits per heavy atom. The van der Waals surface area contributed by atoms with Crippen LogP contribution in [0.3, 0.4) is 0 Å². The molecule has 0 unspecified atom stereocenters. The van der Waals surface area contributed by atoms with Crippen LogP contribution in [-0.2, 0) is 0 Å². The van der Waals surface area contributed by atoms with E-state index in [-0.39, 0.29) is 0 Å². The molecule has 14 heavy (non-hydrogen) atoms. The van der Waals surface area contributed by atoms with Crippen molar-refractivity contribution in [1.82, 2.24) is 10.2 Å². The Kier molecular flexibility index (Phi) is 5.66. The van der Waals surface area contributed by atoms with Gasteiger partial charge in [-0.05, 0) is 44.8 Å². The number of terminal acetylenes is 1. The Morgan fingerprint density at radius 3 is 2.71 bits per heavy atom. The van der Waals surface area contributed by atoms with E-state index in [2.05, 4.69) is 23.1 Å². The monoisotopic (exact) mass is 194 g/mol. The molecule has 0 amide bonds. The van der Waals surface area contributed by atoms with Crippen LogP contribution in [0.2, 0.25) is 0 Å². The zero-order valence-corrected chi connectivity index (χ0v) is 9.26. The number of nitrogens with zero attached hydrogens (tertiary/aromatic N) is 1. The minimum atomic E-state index is 0.817. The summed E-state index contributed by atoms with van der Waals surface area (Å²) in [6.45, 7) is 7.74. The predicted molar refractivity (Wildman–Crippen MR) is 61.2 cm³/mol. The number of piperidine rings is 1. The van der Waals surface area contributed by atoms with Gasteiger partial charge >= 0.3 is 0 Å². The van der Waals surface area contributed by atoms with E-state index < -0.39 is 0 Å². The molecule has 0 aromatic rings. The lowest BCUT2D eigenvalue weighted by atomic mass is 9.97. The van der Waals surface area contributed by atoms with Gasteiger partial charge in [0.15, 0.2) is 0 Å². The molecule has 2 heteroatoms. The first-order valence-electron chi connectivity index (χ1n) is 5.73. The molecule has 1 saturated heterocycles. The summed E-state index contributed by atoms with van der Waals surface area (Å²) in [5.74, 6) is 3.61. The van der Waals surface area contributed by atoms with Crippen LogP contribution in [0, 0.1) is 18.3 Å². The topological polar surface area (TPSA) is 15.3 Å². The average molecular weight is 194 g/mol. The van der Waals surface area contributed by atoms with E-state index in [4.69, 9.17) is 6.42 Å². The molecule has 1 aliphatic rings. The maximum atomic E-state index is 5.36. The van der Waals surface area contributed by atoms with Gasteiger partial charge in [-0.2, -0.15) is 0 Å². The van der Waals surface area contributed by atoms with E-state index in [1.54, 1.807) is 0 Å². The van der Waals surface area contributed by atoms with Gasteiger partial charge in [-0.1, -0.05) is 12.8 Å². The van der Waals surface area contributed by atoms with Crippen LogP contribution in [0.15, 0.2) is 0 Å². The predicted octanol–water partition coefficient (Wildman–Crippen LogP) is 1.33. The van der Waals surface area contributed by atoms with E-state index in [9.17, 15) is 0 Å². The van der Waals surface area contributed by atoms with E-state index in [1.807, 2.05) is 0 Å². The lowest BCUT2D eigenvalue weighted by Crippen LogP contribution is -2.36. The summed E-state index contributed by atoms with van der Waals surface area (Å²) in [6, 6.07) is 0. The number of nitrogens with one attached hydrogen (secondary N) is 1. The first kappa shape index (κ1) is 11.6. The van der Waals surface area contributed by atoms with E-state index >= 15 is 0 Å². The van der Waals surface area contributed by atoms with Gasteiger partial charge in [-0.3, -0.25) is 4.90 Å². The SMILES string of the molecule is C#CCN(CCC)CC1CCNCC1. The van der Waals surface area contributed by atoms with Crippen molar-refractivity contribution in [3.63, 3.8) is 0 Å². The van der Waals surface area contributed by atoms with Gasteiger partial charge in [0, 0.05) is 6.54 Å². The Morgan fingerprint density at radius 2 is 2.14 bits per heavy atom. The number of rotatable bonds is 5. The Bertz CT molecular complexity index is 177. The summed E-state index contributed by atoms with van der Waals surface area (Å²) in [5.41, 5.74) is 0. The van der Waals surface area contributed by atoms with Gasteiger partial charge < -0.3 is 5.32 Å². The van der Waals surface area contributed by atoms with Crippen LogP contribution in [0.25, 0.3) is 0 Å². The van der Waals surface area contributed by atoms with Gasteiger partial charge in [0.05, 0.1) is 6.54 Å². The third kappa shape index (κ3) is 4.13. The van der Waals surface area contributed by atoms with Crippen LogP contribution < -0.4 is 5.32 Å². The molecule has 1 heterocycles. The third-order valence-electron chi connectivity index (χ3n) is 2.83. The van der Waals surface area contributed by atoms with E-state index in [0.717, 1.165) is 19.0 Å². The Hall–Kier alpha value is -0.520. The van der Waals surface area contributed by atoms with E-state index in [0.29, 0.717) is 0 Å². The normalized spacial score (nSPS) is 18.4. The van der Waals surface area contributed by atoms with Crippen molar-refractivity contribution in [1.29, 1.82) is 0 Å². The molecule has 0 bridgehead atoms. The largest absolute Gasteiger partial charge is 0.317 e. The third-order valence-corrected chi connectivity index (χ3v) is 2.83. The highest BCUT2D eigenvalue weighted by Crippen LogP contribution is 2.13. The molecule has 0 aromatic carbocycles. The fourth-order valence-electron chi connectivity index (χ4n) is 2.11. The van der Waals surface area contributed by atoms with Gasteiger partial charge in [0.1, 0.15) is 0 Å². The van der Waals surface area contributed by atoms with Crippen molar-refractivity contribution in [2.45, 2.75) is 26.2 Å². The summed E-state index contributed by atoms with van der Waals surface area (Å²) < 4.78 is 0. The highest BCUT2D eigenvalue weighted by atomic mass is 15.1. The summed E-state index contributed by atoms with van der Waals surface area (Å²) in [7, 11) is 0. The standard InChI is InChI=1S/C12H22N2/c1-3-9-14(10-4-2)11-12-5-7-13-8-6-12/h1,12-13H,4-11H2,2H3. The molecule has 0 aromatic heterocycles. The summed E-state index contributed by atoms with van der Waals surface area (Å²) >= 11 is 0. The smallest absolute Gasteiger partial charge is 0.0599 e. The van der Waals surface area contributed by atoms with Gasteiger partial charge in [0.25, 0.3) is 0 Å². The Labute approximate surface area is 88.1 Å². The minimum Gasteiger partial charge on any atom is -0.317 e. The molecule has 1 fully saturated rings. The van der Waals surface area contributed by atoms with Crippen molar-refractivity contribution in [3.8, 4) is 12.3 Å². The van der Waals surface area contributed by atoms with Gasteiger partial charge in [0.2, 0.25) is 0 Å². The van der Waals surface area contributed by atoms with Crippen molar-refractivity contribution < 1.29 is 0 Å². The molecule has 1 rings (SSSR count). The molecular formula is C12H22N2. The highest BCUT2D eigenvalue weighted by molar-refractivity contribution is 4.88. The first-order valence-corrected chi connectivity index (χ1v) is 5.73. The van der Waals surface area contributed by atoms with Gasteiger partial charge in [-0.15, -0.1) is 6.42 Å². The second-order valence-corrected chi connectivity index (χ2v) is 4.13. The highest BCUT2D eigenvalue weighted by Gasteiger charge is 2.15. The fourth-order valence-corrected chi connectivity index (χ4v) is 2.11. The maximum Gasteiger partial charge on any atom is 0.0599 e. The molecule has 80 valence electrons. The van der Waals surface area contributed by atoms with Crippen molar-refractivity contribution in [3.05, 3.63) is 0 Å². The molecule has 0 saturated carbocycles. The van der Waals surface area contributed by atoms with Crippen LogP contribution >= 0.6 is 0 Å². The summed E-state index contributed by atoms with van der Waals surface area (Å²) in [6.07, 6.45) is 9.18. The quantitative estimate of drug-likeness (QED) is 0.664. The van der Waals surface area contributed by atoms with Crippen LogP contribution in [0.5, 0.6) is 0 Å². The van der Waals surface area contributed by atoms with Crippen LogP contribution in [-0.4, -0.2) is 37.6 Å². The second-order valence-electron chi connectivity index (χ2n) is 4.13. The second kappa shape index (κ2) is 6.86. The Balaban J connectivity index is 2.26. The number of hydrogen-bond acceptors (Lipinski definition) is 2. The molecule has 0 aliphatic carbocycles. The molecule has 0 atom stereocenters. The molecule has 0 spiro atoms. The van der Waals surface area contributed by atoms with Crippen LogP contribution in [0.4, 0.5) is 0 Å². The lowest BCUT2D eigenvalue weighted by molar-refractivity contribution is 0.225. The molecule has 1 N–H and O–H groups in total. The summed E-state index contributed by atoms with van der Waals surface area (Å²) in [5, 5.41) is 3.39. The lowest BCUT2D eigenvalue weighted by Gasteiger charge is -2.28. The summed E-state index contributed by atoms with van der Waals surface area (Å²) in [4.78, 5) is 2.41. The average Bonchev–Trinajstić information content (AvgIpc) is 2.20. The molecule has 1 aliphatic heterocycles. The minimum absolute atomic E-state index is 0.817. The van der Waals surface area contributed by atoms with Crippen molar-refractivity contribution >= 4 is 0 Å². The zero-order valence-electron chi connectivity index (χ0n) is 9.26. The molecular weight excluding hydrogens is 172 g/mol. The fraction of sp³-hybridized carbons (Fsp3) is 0.833. The maximum absolute atomic E-state index is 5.36. The number of hydrogen-bond donors (Lipinski definition) is 1. The zero-order chi connectivity index (χ0) is 10.2. The first-order chi connectivity index (χ1) is 6.86. The molecule has 2 nitrogen and oxygen atoms in total. The van der Waals surface area contributed by atoms with Gasteiger partial charge in [-0.25, -0.2) is 0 Å². The van der Waals surface area contributed by atoms with Crippen molar-refractivity contribution in [2.24, 2.45) is 5.92 Å².